The van der Waals surface area contributed by atoms with Gasteiger partial charge in [-0.1, -0.05) is 13.8 Å². The van der Waals surface area contributed by atoms with Gasteiger partial charge in [0.1, 0.15) is 17.3 Å². The molecule has 0 aliphatic carbocycles. The molecule has 3 aromatic heterocycles. The molecule has 2 aliphatic heterocycles. The highest BCUT2D eigenvalue weighted by Gasteiger charge is 2.26. The van der Waals surface area contributed by atoms with Gasteiger partial charge in [0.2, 0.25) is 5.82 Å². The van der Waals surface area contributed by atoms with E-state index in [0.29, 0.717) is 22.7 Å². The van der Waals surface area contributed by atoms with Crippen molar-refractivity contribution >= 4 is 34.8 Å². The van der Waals surface area contributed by atoms with Crippen LogP contribution < -0.4 is 15.1 Å². The molecule has 0 atom stereocenters. The van der Waals surface area contributed by atoms with Gasteiger partial charge in [0.25, 0.3) is 0 Å². The van der Waals surface area contributed by atoms with E-state index in [-0.39, 0.29) is 17.5 Å². The van der Waals surface area contributed by atoms with E-state index in [2.05, 4.69) is 25.8 Å². The molecule has 4 N–H and O–H groups in total. The zero-order valence-electron chi connectivity index (χ0n) is 23.0. The molecule has 0 unspecified atom stereocenters. The minimum absolute atomic E-state index is 0.0852. The fraction of sp³-hybridized carbons (Fsp3) is 0.400. The lowest BCUT2D eigenvalue weighted by atomic mass is 9.92. The SMILES string of the molecule is CC(C)C(=N)c1c(-c2ccc(N3CCC(C#N)CC3)nc2)cc(C(=O)O)nc1[NH2+]c1ccnc(N2CCCC2)c1. The highest BCUT2D eigenvalue weighted by molar-refractivity contribution is 6.08. The summed E-state index contributed by atoms with van der Waals surface area (Å²) in [5.41, 5.74) is 3.09. The van der Waals surface area contributed by atoms with Gasteiger partial charge in [0.05, 0.1) is 11.6 Å². The summed E-state index contributed by atoms with van der Waals surface area (Å²) in [4.78, 5) is 30.3. The molecule has 0 spiro atoms. The highest BCUT2D eigenvalue weighted by atomic mass is 16.4. The second-order valence-electron chi connectivity index (χ2n) is 10.8. The van der Waals surface area contributed by atoms with Gasteiger partial charge in [-0.05, 0) is 49.8 Å². The Morgan fingerprint density at radius 2 is 1.80 bits per heavy atom. The molecule has 0 aromatic carbocycles. The fourth-order valence-corrected chi connectivity index (χ4v) is 5.35. The number of nitriles is 1. The van der Waals surface area contributed by atoms with E-state index in [1.165, 1.54) is 0 Å². The van der Waals surface area contributed by atoms with Gasteiger partial charge in [0, 0.05) is 73.5 Å². The maximum atomic E-state index is 12.2. The maximum Gasteiger partial charge on any atom is 0.354 e. The number of carbonyl (C=O) groups is 1. The molecule has 5 rings (SSSR count). The summed E-state index contributed by atoms with van der Waals surface area (Å²) in [6.07, 6.45) is 7.41. The Bertz CT molecular complexity index is 1430. The topological polar surface area (TPSA) is 147 Å². The summed E-state index contributed by atoms with van der Waals surface area (Å²) in [6.45, 7) is 7.38. The summed E-state index contributed by atoms with van der Waals surface area (Å²) in [6, 6.07) is 11.6. The van der Waals surface area contributed by atoms with Gasteiger partial charge in [-0.15, -0.1) is 0 Å². The quantitative estimate of drug-likeness (QED) is 0.362. The van der Waals surface area contributed by atoms with Gasteiger partial charge in [0.15, 0.2) is 5.69 Å². The molecule has 10 heteroatoms. The Morgan fingerprint density at radius 3 is 2.42 bits per heavy atom. The number of piperidine rings is 1. The predicted octanol–water partition coefficient (Wildman–Crippen LogP) is 4.13. The minimum Gasteiger partial charge on any atom is -0.477 e. The Kier molecular flexibility index (Phi) is 8.03. The van der Waals surface area contributed by atoms with Crippen molar-refractivity contribution in [2.45, 2.75) is 39.5 Å². The average molecular weight is 540 g/mol. The third kappa shape index (κ3) is 5.80. The van der Waals surface area contributed by atoms with Crippen molar-refractivity contribution in [1.29, 1.82) is 10.7 Å². The number of nitrogens with two attached hydrogens (primary N) is 1. The van der Waals surface area contributed by atoms with Crippen LogP contribution in [0.15, 0.2) is 42.7 Å². The Balaban J connectivity index is 1.54. The Labute approximate surface area is 234 Å². The van der Waals surface area contributed by atoms with Crippen molar-refractivity contribution in [3.63, 3.8) is 0 Å². The Hall–Kier alpha value is -4.36. The smallest absolute Gasteiger partial charge is 0.354 e. The number of carboxylic acid groups (broad SMARTS) is 1. The first-order chi connectivity index (χ1) is 19.3. The van der Waals surface area contributed by atoms with Crippen LogP contribution in [-0.4, -0.2) is 57.9 Å². The van der Waals surface area contributed by atoms with E-state index in [1.54, 1.807) is 18.5 Å². The first kappa shape index (κ1) is 27.2. The number of hydrogen-bond donors (Lipinski definition) is 3. The second kappa shape index (κ2) is 11.8. The molecule has 0 bridgehead atoms. The van der Waals surface area contributed by atoms with Gasteiger partial charge in [-0.25, -0.2) is 14.8 Å². The van der Waals surface area contributed by atoms with Crippen LogP contribution in [0.4, 0.5) is 23.1 Å². The van der Waals surface area contributed by atoms with Crippen molar-refractivity contribution < 1.29 is 15.2 Å². The summed E-state index contributed by atoms with van der Waals surface area (Å²) < 4.78 is 0. The van der Waals surface area contributed by atoms with E-state index < -0.39 is 5.97 Å². The summed E-state index contributed by atoms with van der Waals surface area (Å²) >= 11 is 0. The van der Waals surface area contributed by atoms with E-state index in [0.717, 1.165) is 74.7 Å². The van der Waals surface area contributed by atoms with Crippen molar-refractivity contribution in [2.24, 2.45) is 11.8 Å². The van der Waals surface area contributed by atoms with Crippen LogP contribution >= 0.6 is 0 Å². The number of aromatic carboxylic acids is 1. The molecule has 0 saturated carbocycles. The first-order valence-electron chi connectivity index (χ1n) is 13.9. The van der Waals surface area contributed by atoms with E-state index in [9.17, 15) is 15.2 Å². The lowest BCUT2D eigenvalue weighted by Gasteiger charge is -2.30. The summed E-state index contributed by atoms with van der Waals surface area (Å²) in [5.74, 6) is 1.01. The molecule has 0 radical (unpaired) electrons. The maximum absolute atomic E-state index is 12.2. The molecule has 40 heavy (non-hydrogen) atoms. The van der Waals surface area contributed by atoms with Crippen LogP contribution in [0.3, 0.4) is 0 Å². The molecule has 206 valence electrons. The Morgan fingerprint density at radius 1 is 1.07 bits per heavy atom. The zero-order chi connectivity index (χ0) is 28.2. The number of aromatic nitrogens is 3. The lowest BCUT2D eigenvalue weighted by Crippen LogP contribution is -2.72. The third-order valence-corrected chi connectivity index (χ3v) is 7.68. The standard InChI is InChI=1S/C30H34N8O2/c1-19(2)28(32)27-23(21-5-6-25(34-18-21)38-13-8-20(17-31)9-14-38)16-24(30(39)40)36-29(27)35-22-7-10-33-26(15-22)37-11-3-4-12-37/h5-7,10,15-16,18-20,32H,3-4,8-9,11-14H2,1-2H3,(H,39,40)(H,33,35,36)/p+1. The van der Waals surface area contributed by atoms with Crippen LogP contribution in [0, 0.1) is 28.6 Å². The van der Waals surface area contributed by atoms with Gasteiger partial charge in [-0.3, -0.25) is 5.32 Å². The molecule has 5 heterocycles. The second-order valence-corrected chi connectivity index (χ2v) is 10.8. The van der Waals surface area contributed by atoms with Crippen molar-refractivity contribution in [3.05, 3.63) is 54.0 Å². The van der Waals surface area contributed by atoms with Crippen LogP contribution in [0.25, 0.3) is 11.1 Å². The fourth-order valence-electron chi connectivity index (χ4n) is 5.35. The van der Waals surface area contributed by atoms with E-state index in [1.807, 2.05) is 43.4 Å². The minimum atomic E-state index is -1.13. The van der Waals surface area contributed by atoms with Gasteiger partial charge < -0.3 is 20.3 Å². The number of rotatable bonds is 8. The molecule has 2 saturated heterocycles. The largest absolute Gasteiger partial charge is 0.477 e. The molecular weight excluding hydrogens is 504 g/mol. The molecule has 3 aromatic rings. The van der Waals surface area contributed by atoms with Crippen LogP contribution in [0.5, 0.6) is 0 Å². The number of quaternary nitrogens is 1. The number of hydrogen-bond acceptors (Lipinski definition) is 8. The molecule has 2 fully saturated rings. The summed E-state index contributed by atoms with van der Waals surface area (Å²) in [7, 11) is 0. The zero-order valence-corrected chi connectivity index (χ0v) is 23.0. The first-order valence-corrected chi connectivity index (χ1v) is 13.9. The van der Waals surface area contributed by atoms with Gasteiger partial charge in [-0.2, -0.15) is 10.2 Å². The number of nitrogens with zero attached hydrogens (tertiary/aromatic N) is 6. The van der Waals surface area contributed by atoms with Gasteiger partial charge >= 0.3 is 5.97 Å². The number of anilines is 2. The van der Waals surface area contributed by atoms with Crippen molar-refractivity contribution in [2.75, 3.05) is 36.0 Å². The third-order valence-electron chi connectivity index (χ3n) is 7.68. The van der Waals surface area contributed by atoms with Crippen LogP contribution in [0.2, 0.25) is 0 Å². The van der Waals surface area contributed by atoms with Crippen LogP contribution in [-0.2, 0) is 0 Å². The number of nitrogens with one attached hydrogen (secondary N) is 1. The average Bonchev–Trinajstić information content (AvgIpc) is 3.52. The number of carboxylic acids is 1. The number of pyridine rings is 3. The molecule has 2 aliphatic rings. The van der Waals surface area contributed by atoms with Crippen molar-refractivity contribution in [3.8, 4) is 17.2 Å². The highest BCUT2D eigenvalue weighted by Crippen LogP contribution is 2.32. The molecule has 10 nitrogen and oxygen atoms in total. The normalized spacial score (nSPS) is 15.8. The summed E-state index contributed by atoms with van der Waals surface area (Å²) in [5, 5.41) is 30.0. The van der Waals surface area contributed by atoms with Crippen molar-refractivity contribution in [1.82, 2.24) is 15.0 Å². The predicted molar refractivity (Wildman–Crippen MR) is 154 cm³/mol. The van der Waals surface area contributed by atoms with Crippen LogP contribution in [0.1, 0.15) is 55.6 Å². The molecule has 0 amide bonds. The molecular formula is C30H35N8O2+. The monoisotopic (exact) mass is 539 g/mol. The van der Waals surface area contributed by atoms with E-state index >= 15 is 0 Å². The van der Waals surface area contributed by atoms with E-state index in [4.69, 9.17) is 10.4 Å². The lowest BCUT2D eigenvalue weighted by molar-refractivity contribution is -0.483.